The van der Waals surface area contributed by atoms with E-state index in [-0.39, 0.29) is 29.4 Å². The summed E-state index contributed by atoms with van der Waals surface area (Å²) in [6.45, 7) is 2.30. The molecule has 1 aliphatic carbocycles. The average Bonchev–Trinajstić information content (AvgIpc) is 3.43. The van der Waals surface area contributed by atoms with Gasteiger partial charge >= 0.3 is 0 Å². The van der Waals surface area contributed by atoms with Gasteiger partial charge in [-0.1, -0.05) is 12.1 Å². The number of aromatic nitrogens is 1. The molecule has 0 bridgehead atoms. The molecule has 1 aromatic heterocycles. The van der Waals surface area contributed by atoms with Crippen LogP contribution in [0.3, 0.4) is 0 Å². The van der Waals surface area contributed by atoms with Crippen LogP contribution in [0, 0.1) is 17.6 Å². The van der Waals surface area contributed by atoms with E-state index in [2.05, 4.69) is 4.98 Å². The van der Waals surface area contributed by atoms with Gasteiger partial charge in [-0.05, 0) is 42.2 Å². The summed E-state index contributed by atoms with van der Waals surface area (Å²) in [6, 6.07) is 9.37. The average molecular weight is 343 g/mol. The van der Waals surface area contributed by atoms with Gasteiger partial charge in [0.15, 0.2) is 11.6 Å². The summed E-state index contributed by atoms with van der Waals surface area (Å²) in [4.78, 5) is 20.5. The minimum absolute atomic E-state index is 0.0106. The second kappa shape index (κ2) is 6.43. The standard InChI is InChI=1S/C19H19F2N3O/c20-14-5-3-13(4-6-14)15-12-16(15)19(25)24-10-8-23(9-11-24)18-17(21)2-1-7-22-18/h1-7,15-16H,8-12H2/t15-,16+/m1/s1. The minimum atomic E-state index is -0.333. The zero-order valence-corrected chi connectivity index (χ0v) is 13.7. The Hall–Kier alpha value is -2.50. The van der Waals surface area contributed by atoms with Crippen molar-refractivity contribution < 1.29 is 13.6 Å². The summed E-state index contributed by atoms with van der Waals surface area (Å²) in [6.07, 6.45) is 2.40. The van der Waals surface area contributed by atoms with Crippen LogP contribution in [0.5, 0.6) is 0 Å². The highest BCUT2D eigenvalue weighted by atomic mass is 19.1. The first-order chi connectivity index (χ1) is 12.1. The van der Waals surface area contributed by atoms with Gasteiger partial charge in [-0.3, -0.25) is 4.79 Å². The summed E-state index contributed by atoms with van der Waals surface area (Å²) < 4.78 is 26.8. The van der Waals surface area contributed by atoms with Crippen LogP contribution < -0.4 is 4.90 Å². The Bertz CT molecular complexity index is 772. The molecule has 4 rings (SSSR count). The number of anilines is 1. The summed E-state index contributed by atoms with van der Waals surface area (Å²) in [7, 11) is 0. The lowest BCUT2D eigenvalue weighted by Crippen LogP contribution is -2.49. The van der Waals surface area contributed by atoms with Crippen LogP contribution in [0.1, 0.15) is 17.9 Å². The number of rotatable bonds is 3. The summed E-state index contributed by atoms with van der Waals surface area (Å²) >= 11 is 0. The Morgan fingerprint density at radius 1 is 1.04 bits per heavy atom. The van der Waals surface area contributed by atoms with Crippen LogP contribution in [0.15, 0.2) is 42.6 Å². The van der Waals surface area contributed by atoms with Crippen LogP contribution in [-0.2, 0) is 4.79 Å². The highest BCUT2D eigenvalue weighted by Gasteiger charge is 2.46. The molecule has 25 heavy (non-hydrogen) atoms. The molecule has 2 atom stereocenters. The van der Waals surface area contributed by atoms with Crippen LogP contribution in [-0.4, -0.2) is 42.0 Å². The number of hydrogen-bond acceptors (Lipinski definition) is 3. The molecule has 6 heteroatoms. The first kappa shape index (κ1) is 16.0. The van der Waals surface area contributed by atoms with E-state index in [1.165, 1.54) is 18.2 Å². The first-order valence-corrected chi connectivity index (χ1v) is 8.53. The SMILES string of the molecule is O=C([C@H]1C[C@@H]1c1ccc(F)cc1)N1CCN(c2ncccc2F)CC1. The lowest BCUT2D eigenvalue weighted by atomic mass is 10.1. The summed E-state index contributed by atoms with van der Waals surface area (Å²) in [5.41, 5.74) is 1.02. The quantitative estimate of drug-likeness (QED) is 0.860. The van der Waals surface area contributed by atoms with Crippen LogP contribution in [0.25, 0.3) is 0 Å². The molecule has 1 aliphatic heterocycles. The number of carbonyl (C=O) groups is 1. The molecule has 2 heterocycles. The van der Waals surface area contributed by atoms with Crippen molar-refractivity contribution in [3.8, 4) is 0 Å². The molecule has 2 aliphatic rings. The van der Waals surface area contributed by atoms with E-state index in [1.807, 2.05) is 9.80 Å². The summed E-state index contributed by atoms with van der Waals surface area (Å²) in [5, 5.41) is 0. The molecule has 1 amide bonds. The number of amides is 1. The largest absolute Gasteiger partial charge is 0.351 e. The Kier molecular flexibility index (Phi) is 4.11. The van der Waals surface area contributed by atoms with Gasteiger partial charge < -0.3 is 9.80 Å². The Morgan fingerprint density at radius 2 is 1.76 bits per heavy atom. The highest BCUT2D eigenvalue weighted by molar-refractivity contribution is 5.83. The zero-order valence-electron chi connectivity index (χ0n) is 13.7. The Labute approximate surface area is 145 Å². The van der Waals surface area contributed by atoms with E-state index in [4.69, 9.17) is 0 Å². The topological polar surface area (TPSA) is 36.4 Å². The fourth-order valence-corrected chi connectivity index (χ4v) is 3.53. The van der Waals surface area contributed by atoms with Gasteiger partial charge in [0.05, 0.1) is 0 Å². The van der Waals surface area contributed by atoms with Gasteiger partial charge in [0.1, 0.15) is 5.82 Å². The fraction of sp³-hybridized carbons (Fsp3) is 0.368. The molecule has 1 saturated heterocycles. The monoisotopic (exact) mass is 343 g/mol. The maximum Gasteiger partial charge on any atom is 0.226 e. The van der Waals surface area contributed by atoms with Crippen molar-refractivity contribution in [2.24, 2.45) is 5.92 Å². The third kappa shape index (κ3) is 3.21. The van der Waals surface area contributed by atoms with Crippen LogP contribution >= 0.6 is 0 Å². The van der Waals surface area contributed by atoms with Gasteiger partial charge in [-0.2, -0.15) is 0 Å². The van der Waals surface area contributed by atoms with E-state index in [1.54, 1.807) is 24.4 Å². The molecule has 0 unspecified atom stereocenters. The number of halogens is 2. The summed E-state index contributed by atoms with van der Waals surface area (Å²) in [5.74, 6) is 0.0923. The Morgan fingerprint density at radius 3 is 2.44 bits per heavy atom. The predicted molar refractivity (Wildman–Crippen MR) is 90.2 cm³/mol. The molecule has 0 radical (unpaired) electrons. The molecule has 130 valence electrons. The Balaban J connectivity index is 1.35. The zero-order chi connectivity index (χ0) is 17.4. The van der Waals surface area contributed by atoms with Crippen molar-refractivity contribution in [2.75, 3.05) is 31.1 Å². The predicted octanol–water partition coefficient (Wildman–Crippen LogP) is 2.81. The van der Waals surface area contributed by atoms with E-state index in [0.29, 0.717) is 32.0 Å². The highest BCUT2D eigenvalue weighted by Crippen LogP contribution is 2.48. The molecule has 1 aromatic carbocycles. The van der Waals surface area contributed by atoms with E-state index in [9.17, 15) is 13.6 Å². The number of hydrogen-bond donors (Lipinski definition) is 0. The van der Waals surface area contributed by atoms with Crippen molar-refractivity contribution >= 4 is 11.7 Å². The first-order valence-electron chi connectivity index (χ1n) is 8.53. The number of piperazine rings is 1. The molecule has 2 aromatic rings. The third-order valence-electron chi connectivity index (χ3n) is 5.04. The molecule has 0 N–H and O–H groups in total. The van der Waals surface area contributed by atoms with E-state index >= 15 is 0 Å². The fourth-order valence-electron chi connectivity index (χ4n) is 3.53. The van der Waals surface area contributed by atoms with Crippen LogP contribution in [0.2, 0.25) is 0 Å². The second-order valence-electron chi connectivity index (χ2n) is 6.62. The smallest absolute Gasteiger partial charge is 0.226 e. The van der Waals surface area contributed by atoms with Crippen molar-refractivity contribution in [2.45, 2.75) is 12.3 Å². The van der Waals surface area contributed by atoms with Crippen molar-refractivity contribution in [3.05, 3.63) is 59.8 Å². The maximum absolute atomic E-state index is 13.8. The second-order valence-corrected chi connectivity index (χ2v) is 6.62. The normalized spacial score (nSPS) is 22.8. The van der Waals surface area contributed by atoms with Gasteiger partial charge in [0.25, 0.3) is 0 Å². The van der Waals surface area contributed by atoms with E-state index in [0.717, 1.165) is 12.0 Å². The molecule has 1 saturated carbocycles. The van der Waals surface area contributed by atoms with Gasteiger partial charge in [-0.15, -0.1) is 0 Å². The lowest BCUT2D eigenvalue weighted by molar-refractivity contribution is -0.133. The van der Waals surface area contributed by atoms with Gasteiger partial charge in [0.2, 0.25) is 5.91 Å². The molecule has 4 nitrogen and oxygen atoms in total. The molecule has 0 spiro atoms. The number of benzene rings is 1. The number of pyridine rings is 1. The van der Waals surface area contributed by atoms with Crippen molar-refractivity contribution in [3.63, 3.8) is 0 Å². The van der Waals surface area contributed by atoms with Crippen molar-refractivity contribution in [1.82, 2.24) is 9.88 Å². The van der Waals surface area contributed by atoms with Gasteiger partial charge in [-0.25, -0.2) is 13.8 Å². The maximum atomic E-state index is 13.8. The number of nitrogens with zero attached hydrogens (tertiary/aromatic N) is 3. The molecule has 2 fully saturated rings. The lowest BCUT2D eigenvalue weighted by Gasteiger charge is -2.35. The third-order valence-corrected chi connectivity index (χ3v) is 5.04. The van der Waals surface area contributed by atoms with Crippen LogP contribution in [0.4, 0.5) is 14.6 Å². The van der Waals surface area contributed by atoms with Crippen molar-refractivity contribution in [1.29, 1.82) is 0 Å². The van der Waals surface area contributed by atoms with E-state index < -0.39 is 0 Å². The molecular formula is C19H19F2N3O. The minimum Gasteiger partial charge on any atom is -0.351 e. The number of carbonyl (C=O) groups excluding carboxylic acids is 1. The molecular weight excluding hydrogens is 324 g/mol. The van der Waals surface area contributed by atoms with Gasteiger partial charge in [0, 0.05) is 38.3 Å².